The van der Waals surface area contributed by atoms with Gasteiger partial charge >= 0.3 is 5.97 Å². The van der Waals surface area contributed by atoms with Gasteiger partial charge in [-0.3, -0.25) is 4.90 Å². The molecule has 0 aromatic carbocycles. The lowest BCUT2D eigenvalue weighted by Gasteiger charge is -2.65. The summed E-state index contributed by atoms with van der Waals surface area (Å²) in [6.45, 7) is 11.3. The summed E-state index contributed by atoms with van der Waals surface area (Å²) >= 11 is 0. The minimum atomic E-state index is -3.59. The van der Waals surface area contributed by atoms with E-state index in [0.29, 0.717) is 38.3 Å². The van der Waals surface area contributed by atoms with Crippen LogP contribution in [0.2, 0.25) is 0 Å². The number of nitrogens with two attached hydrogens (primary N) is 1. The number of carbonyl (C=O) groups is 1. The fourth-order valence-electron chi connectivity index (χ4n) is 12.8. The van der Waals surface area contributed by atoms with E-state index in [-0.39, 0.29) is 84.1 Å². The first kappa shape index (κ1) is 44.1. The highest BCUT2D eigenvalue weighted by Gasteiger charge is 2.71. The van der Waals surface area contributed by atoms with Crippen molar-refractivity contribution < 1.29 is 66.8 Å². The van der Waals surface area contributed by atoms with Crippen LogP contribution in [0.5, 0.6) is 0 Å². The normalized spacial score (nSPS) is 46.2. The summed E-state index contributed by atoms with van der Waals surface area (Å²) in [6.07, 6.45) is 4.41. The van der Waals surface area contributed by atoms with Crippen LogP contribution >= 0.6 is 0 Å². The molecule has 0 radical (unpaired) electrons. The Bertz CT molecular complexity index is 1830. The first-order valence-electron chi connectivity index (χ1n) is 22.1. The lowest BCUT2D eigenvalue weighted by Crippen LogP contribution is -2.67. The minimum absolute atomic E-state index is 0.0170. The van der Waals surface area contributed by atoms with Crippen molar-refractivity contribution in [2.45, 2.75) is 160 Å². The Hall–Kier alpha value is -2.48. The van der Waals surface area contributed by atoms with Gasteiger partial charge in [0.05, 0.1) is 47.9 Å². The van der Waals surface area contributed by atoms with Crippen LogP contribution in [0.3, 0.4) is 0 Å². The Morgan fingerprint density at radius 3 is 2.43 bits per heavy atom. The second kappa shape index (κ2) is 16.6. The molecule has 338 valence electrons. The van der Waals surface area contributed by atoms with Crippen molar-refractivity contribution in [3.8, 4) is 0 Å². The van der Waals surface area contributed by atoms with Crippen molar-refractivity contribution in [1.29, 1.82) is 0 Å². The third kappa shape index (κ3) is 8.24. The number of fused-ring (bicyclic) bond motifs is 5. The van der Waals surface area contributed by atoms with Gasteiger partial charge < -0.3 is 53.6 Å². The summed E-state index contributed by atoms with van der Waals surface area (Å²) in [6, 6.07) is 0. The third-order valence-corrected chi connectivity index (χ3v) is 16.7. The van der Waals surface area contributed by atoms with E-state index in [9.17, 15) is 33.6 Å². The van der Waals surface area contributed by atoms with Gasteiger partial charge in [0.15, 0.2) is 30.0 Å². The molecular weight excluding hydrogens is 801 g/mol. The number of aliphatic hydroxyl groups is 4. The van der Waals surface area contributed by atoms with E-state index in [1.54, 1.807) is 13.0 Å². The van der Waals surface area contributed by atoms with E-state index in [4.69, 9.17) is 38.3 Å². The number of aliphatic hydroxyl groups excluding tert-OH is 3. The quantitative estimate of drug-likeness (QED) is 0.157. The van der Waals surface area contributed by atoms with Crippen LogP contribution in [-0.4, -0.2) is 133 Å². The van der Waals surface area contributed by atoms with E-state index in [2.05, 4.69) is 6.92 Å². The number of allylic oxidation sites excluding steroid dienone is 1. The number of carbonyl (C=O) groups excluding carboxylic acids is 1. The zero-order chi connectivity index (χ0) is 42.9. The number of hydrogen-bond donors (Lipinski definition) is 5. The molecule has 0 aromatic rings. The predicted molar refractivity (Wildman–Crippen MR) is 215 cm³/mol. The van der Waals surface area contributed by atoms with Crippen LogP contribution in [0.4, 0.5) is 0 Å². The lowest BCUT2D eigenvalue weighted by atomic mass is 9.42. The second-order valence-corrected chi connectivity index (χ2v) is 21.2. The maximum absolute atomic E-state index is 12.6. The highest BCUT2D eigenvalue weighted by molar-refractivity contribution is 7.89. The van der Waals surface area contributed by atoms with Gasteiger partial charge in [-0.2, -0.15) is 0 Å². The first-order valence-corrected chi connectivity index (χ1v) is 23.8. The number of ether oxygens (including phenoxy) is 7. The van der Waals surface area contributed by atoms with Gasteiger partial charge in [0.25, 0.3) is 5.95 Å². The molecule has 16 nitrogen and oxygen atoms in total. The van der Waals surface area contributed by atoms with Crippen LogP contribution < -0.4 is 5.14 Å². The number of rotatable bonds is 10. The van der Waals surface area contributed by atoms with Crippen molar-refractivity contribution in [3.05, 3.63) is 35.2 Å². The van der Waals surface area contributed by atoms with E-state index < -0.39 is 64.1 Å². The van der Waals surface area contributed by atoms with Crippen molar-refractivity contribution in [2.24, 2.45) is 39.6 Å². The number of cyclic esters (lactones) is 1. The van der Waals surface area contributed by atoms with E-state index in [0.717, 1.165) is 44.1 Å². The minimum Gasteiger partial charge on any atom is -0.504 e. The smallest absolute Gasteiger partial charge is 0.331 e. The Kier molecular flexibility index (Phi) is 12.2. The maximum atomic E-state index is 12.6. The summed E-state index contributed by atoms with van der Waals surface area (Å²) in [7, 11) is -3.59. The van der Waals surface area contributed by atoms with Crippen LogP contribution in [0.25, 0.3) is 0 Å². The molecule has 6 N–H and O–H groups in total. The largest absolute Gasteiger partial charge is 0.504 e. The Morgan fingerprint density at radius 2 is 1.73 bits per heavy atom. The van der Waals surface area contributed by atoms with E-state index >= 15 is 0 Å². The summed E-state index contributed by atoms with van der Waals surface area (Å²) in [4.78, 5) is 13.9. The van der Waals surface area contributed by atoms with Crippen LogP contribution in [0.15, 0.2) is 35.2 Å². The van der Waals surface area contributed by atoms with Crippen molar-refractivity contribution in [3.63, 3.8) is 0 Å². The second-order valence-electron chi connectivity index (χ2n) is 19.5. The molecule has 4 saturated carbocycles. The molecule has 60 heavy (non-hydrogen) atoms. The predicted octanol–water partition coefficient (Wildman–Crippen LogP) is 3.25. The van der Waals surface area contributed by atoms with Gasteiger partial charge in [0.1, 0.15) is 6.61 Å². The van der Waals surface area contributed by atoms with Crippen molar-refractivity contribution in [1.82, 2.24) is 4.90 Å². The fourth-order valence-corrected chi connectivity index (χ4v) is 13.3. The molecule has 0 bridgehead atoms. The highest BCUT2D eigenvalue weighted by atomic mass is 32.2. The molecule has 4 heterocycles. The molecule has 2 saturated heterocycles. The number of esters is 1. The standard InChI is InChI=1S/C43H66N2O14S/c1-23-21-45(14-15-60(44,51)52)13-10-36(54-23)58-39-24(2)56-38(20-33(39)47)59-40-25(3)55-37(19-32(40)46)57-28-8-11-41(4)27(17-28)6-7-30-31(41)18-34(48)42(5)29(9-12-43(30,42)50)26-16-35(49)53-22-26/h16,20,23-25,27-32,34,36-37,40,46-48,50H,6-15,17-19,21-22H2,1-5H3,(H2,44,51,52)/t23-,24?,25?,27-,28?,29-,30-,31+,32+,34-,36?,37-,40+,41+,42+,43+/m1/s1. The first-order chi connectivity index (χ1) is 28.3. The summed E-state index contributed by atoms with van der Waals surface area (Å²) < 4.78 is 65.2. The number of hydrogen-bond acceptors (Lipinski definition) is 15. The number of nitrogens with zero attached hydrogens (tertiary/aromatic N) is 1. The van der Waals surface area contributed by atoms with Gasteiger partial charge in [-0.05, 0) is 107 Å². The molecule has 4 aliphatic heterocycles. The average Bonchev–Trinajstić information content (AvgIpc) is 3.65. The number of primary sulfonamides is 1. The van der Waals surface area contributed by atoms with Gasteiger partial charge in [0.2, 0.25) is 16.3 Å². The maximum Gasteiger partial charge on any atom is 0.331 e. The fraction of sp³-hybridized carbons (Fsp3) is 0.837. The molecule has 4 aliphatic carbocycles. The van der Waals surface area contributed by atoms with Gasteiger partial charge in [0, 0.05) is 44.0 Å². The number of sulfonamides is 1. The Balaban J connectivity index is 0.843. The average molecular weight is 867 g/mol. The van der Waals surface area contributed by atoms with Crippen LogP contribution in [-0.2, 0) is 48.0 Å². The van der Waals surface area contributed by atoms with Crippen molar-refractivity contribution in [2.75, 3.05) is 32.0 Å². The van der Waals surface area contributed by atoms with E-state index in [1.807, 2.05) is 25.7 Å². The molecule has 0 amide bonds. The van der Waals surface area contributed by atoms with Gasteiger partial charge in [-0.15, -0.1) is 0 Å². The molecule has 16 atom stereocenters. The molecule has 6 fully saturated rings. The molecule has 17 heteroatoms. The Labute approximate surface area is 353 Å². The van der Waals surface area contributed by atoms with Crippen molar-refractivity contribution >= 4 is 16.0 Å². The molecule has 8 aliphatic rings. The zero-order valence-corrected chi connectivity index (χ0v) is 36.4. The molecular formula is C43H66N2O14S. The van der Waals surface area contributed by atoms with E-state index in [1.165, 1.54) is 6.08 Å². The molecule has 0 spiro atoms. The topological polar surface area (TPSA) is 226 Å². The summed E-state index contributed by atoms with van der Waals surface area (Å²) in [5, 5.41) is 52.0. The highest BCUT2D eigenvalue weighted by Crippen LogP contribution is 2.70. The van der Waals surface area contributed by atoms with Gasteiger partial charge in [-0.25, -0.2) is 18.4 Å². The molecule has 8 rings (SSSR count). The van der Waals surface area contributed by atoms with Gasteiger partial charge in [-0.1, -0.05) is 13.8 Å². The van der Waals surface area contributed by atoms with Crippen LogP contribution in [0.1, 0.15) is 98.8 Å². The zero-order valence-electron chi connectivity index (χ0n) is 35.6. The lowest BCUT2D eigenvalue weighted by molar-refractivity contribution is -0.280. The summed E-state index contributed by atoms with van der Waals surface area (Å²) in [5.41, 5.74) is -0.935. The Morgan fingerprint density at radius 1 is 0.950 bits per heavy atom. The molecule has 0 aromatic heterocycles. The monoisotopic (exact) mass is 866 g/mol. The van der Waals surface area contributed by atoms with Crippen LogP contribution in [0, 0.1) is 34.5 Å². The third-order valence-electron chi connectivity index (χ3n) is 16.0. The summed E-state index contributed by atoms with van der Waals surface area (Å²) in [5.74, 6) is -0.0151. The SMILES string of the molecule is CC1OC(O[C@H]2C(C)O[C@H](OC3CC[C@@]4(C)[C@H](CC[C@@H]5[C@@H]4C[C@@H](O)[C@]4(C)[C@@H](C6=CC(=O)OC6)CC[C@]54O)C3)C[C@@H]2O)=CC(O)=C1OC1CCN(CCS(N)(=O)=O)C[C@@H](C)O1. The molecule has 4 unspecified atom stereocenters.